The summed E-state index contributed by atoms with van der Waals surface area (Å²) >= 11 is 0. The first kappa shape index (κ1) is 97.7. The van der Waals surface area contributed by atoms with Gasteiger partial charge in [0.1, 0.15) is 29.1 Å². The Morgan fingerprint density at radius 1 is 0.457 bits per heavy atom. The lowest BCUT2D eigenvalue weighted by Crippen LogP contribution is -2.57. The van der Waals surface area contributed by atoms with Gasteiger partial charge < -0.3 is 59.2 Å². The summed E-state index contributed by atoms with van der Waals surface area (Å²) in [4.78, 5) is 123. The topological polar surface area (TPSA) is 351 Å². The number of halogens is 5. The first-order valence-electron chi connectivity index (χ1n) is 45.5. The third-order valence-electron chi connectivity index (χ3n) is 25.5. The minimum atomic E-state index is -0.759. The number of alkyl carbamates (subject to hydrolysis) is 1. The van der Waals surface area contributed by atoms with Crippen LogP contribution in [0.25, 0.3) is 0 Å². The van der Waals surface area contributed by atoms with Gasteiger partial charge in [-0.3, -0.25) is 62.0 Å². The lowest BCUT2D eigenvalue weighted by Gasteiger charge is -2.45. The fraction of sp³-hybridized carbons (Fsp3) is 0.330. The van der Waals surface area contributed by atoms with E-state index in [9.17, 15) is 80.4 Å². The number of nitrogens with zero attached hydrogens (tertiary/aromatic N) is 13. The van der Waals surface area contributed by atoms with Gasteiger partial charge in [-0.15, -0.1) is 0 Å². The zero-order chi connectivity index (χ0) is 97.8. The van der Waals surface area contributed by atoms with Gasteiger partial charge in [-0.05, 0) is 158 Å². The van der Waals surface area contributed by atoms with E-state index < -0.39 is 140 Å². The van der Waals surface area contributed by atoms with Gasteiger partial charge >= 0.3 is 6.09 Å². The van der Waals surface area contributed by atoms with E-state index in [0.29, 0.717) is 99.2 Å². The molecular weight excluding hydrogens is 1780 g/mol. The quantitative estimate of drug-likeness (QED) is 0.0289. The van der Waals surface area contributed by atoms with Gasteiger partial charge in [0.25, 0.3) is 23.6 Å². The molecule has 1 saturated heterocycles. The van der Waals surface area contributed by atoms with Crippen molar-refractivity contribution in [3.8, 4) is 23.0 Å². The highest BCUT2D eigenvalue weighted by Gasteiger charge is 2.48. The molecule has 5 unspecified atom stereocenters. The van der Waals surface area contributed by atoms with Gasteiger partial charge in [0, 0.05) is 103 Å². The van der Waals surface area contributed by atoms with E-state index in [0.717, 1.165) is 73.0 Å². The Kier molecular flexibility index (Phi) is 30.8. The molecule has 12 aromatic rings. The number of carbonyl (C=O) groups excluding carboxylic acids is 5. The third kappa shape index (κ3) is 21.8. The summed E-state index contributed by atoms with van der Waals surface area (Å²) in [5.74, 6) is -7.56. The number of aromatic nitrogens is 8. The molecule has 5 aliphatic heterocycles. The van der Waals surface area contributed by atoms with Crippen LogP contribution in [0.5, 0.6) is 23.0 Å². The average molecular weight is 1890 g/mol. The highest BCUT2D eigenvalue weighted by atomic mass is 19.1. The van der Waals surface area contributed by atoms with Crippen LogP contribution in [0.2, 0.25) is 0 Å². The van der Waals surface area contributed by atoms with Gasteiger partial charge in [0.05, 0.1) is 74.3 Å². The lowest BCUT2D eigenvalue weighted by molar-refractivity contribution is 0.0104. The van der Waals surface area contributed by atoms with E-state index in [1.807, 2.05) is 126 Å². The zero-order valence-corrected chi connectivity index (χ0v) is 76.7. The second-order valence-electron chi connectivity index (χ2n) is 35.3. The highest BCUT2D eigenvalue weighted by Crippen LogP contribution is 2.47. The number of ether oxygens (including phenoxy) is 4. The van der Waals surface area contributed by atoms with E-state index >= 15 is 0 Å². The molecule has 5 atom stereocenters. The average Bonchev–Trinajstić information content (AvgIpc) is 1.02. The van der Waals surface area contributed by atoms with Crippen molar-refractivity contribution < 1.29 is 80.2 Å². The Labute approximate surface area is 790 Å². The molecule has 30 nitrogen and oxygen atoms in total. The van der Waals surface area contributed by atoms with E-state index in [-0.39, 0.29) is 65.9 Å². The second kappa shape index (κ2) is 43.4. The number of benzene rings is 8. The van der Waals surface area contributed by atoms with E-state index in [1.165, 1.54) is 84.3 Å². The number of methoxy groups -OCH3 is 1. The van der Waals surface area contributed by atoms with Crippen molar-refractivity contribution >= 4 is 29.7 Å². The number of hydrogen-bond acceptors (Lipinski definition) is 21. The monoisotopic (exact) mass is 1890 g/mol. The molecule has 0 bridgehead atoms. The first-order valence-corrected chi connectivity index (χ1v) is 45.5. The van der Waals surface area contributed by atoms with Crippen LogP contribution in [0.4, 0.5) is 26.7 Å². The number of amides is 5. The zero-order valence-electron chi connectivity index (χ0n) is 76.7. The Bertz CT molecular complexity index is 6520. The van der Waals surface area contributed by atoms with Crippen LogP contribution in [-0.4, -0.2) is 220 Å². The Morgan fingerprint density at radius 2 is 0.826 bits per heavy atom. The molecule has 18 rings (SSSR count). The standard InChI is InChI=1S/C31H36FN5O6.C25H27N3O4.C24H21F2N3O3.C23H21F2N3O3/c1-3-36-19-25(27(22-7-4-6-21(2)16-22)23-8-5-9-24(32)17-23)37-28(30(36)39)29(26(38)18-34-37)42-20-43-31(40)33-10-11-35-12-14-41-15-13-35;1-25(2,16-32-3)27-15-19(28-22(24(27)31)23(30)20(29)14-26-28)21(17-10-6-4-7-11-17)18-12-8-5-9-13-18;25-17-5-1-3-15(9-17)21(16-4-2-6-18(26)10-16)19-13-28(12-14-7-8-14)24(32)22-23(31)20(30)11-27-29(19)22;1-2-9-27-13-18(28-21(23(27)31)22(30)19(29)12-26-28)20(14-5-3-7-16(24)10-14)15-6-4-8-17(25)11-15/h4-9,16-18,25,27H,3,10-15,19-20H2,1-2H3,(H,33,40);4-14,19,21,30H,15-16H2,1-3H3;1-6,9-11,14,19,21,31H,7-8,12-13H2;3-8,10-12,18,20,30H,2,9,13H2,1H3. The largest absolute Gasteiger partial charge is 0.502 e. The van der Waals surface area contributed by atoms with Crippen molar-refractivity contribution in [2.45, 2.75) is 107 Å². The molecule has 1 aliphatic carbocycles. The highest BCUT2D eigenvalue weighted by molar-refractivity contribution is 5.98. The molecule has 1 saturated carbocycles. The Hall–Kier alpha value is -14.8. The molecule has 0 radical (unpaired) electrons. The Morgan fingerprint density at radius 3 is 1.24 bits per heavy atom. The number of fused-ring (bicyclic) bond motifs is 4. The second-order valence-corrected chi connectivity index (χ2v) is 35.3. The molecule has 8 aromatic carbocycles. The molecule has 138 heavy (non-hydrogen) atoms. The number of hydrogen-bond donors (Lipinski definition) is 4. The number of aryl methyl sites for hydroxylation is 1. The maximum atomic E-state index is 14.5. The van der Waals surface area contributed by atoms with Crippen LogP contribution >= 0.6 is 0 Å². The summed E-state index contributed by atoms with van der Waals surface area (Å²) in [6.07, 6.45) is 6.04. The number of likely N-dealkylation sites (N-methyl/N-ethyl adjacent to an activating group) is 1. The van der Waals surface area contributed by atoms with Crippen molar-refractivity contribution in [2.24, 2.45) is 5.92 Å². The maximum absolute atomic E-state index is 14.5. The van der Waals surface area contributed by atoms with Crippen LogP contribution < -0.4 is 31.8 Å². The van der Waals surface area contributed by atoms with Gasteiger partial charge in [0.2, 0.25) is 34.3 Å². The minimum Gasteiger partial charge on any atom is -0.502 e. The maximum Gasteiger partial charge on any atom is 0.410 e. The van der Waals surface area contributed by atoms with Gasteiger partial charge in [-0.25, -0.2) is 26.7 Å². The smallest absolute Gasteiger partial charge is 0.410 e. The molecule has 4 N–H and O–H groups in total. The molecule has 4 aromatic heterocycles. The molecular formula is C103H105F5N14O16. The van der Waals surface area contributed by atoms with Crippen molar-refractivity contribution in [3.05, 3.63) is 374 Å². The van der Waals surface area contributed by atoms with E-state index in [2.05, 4.69) is 30.6 Å². The number of nitrogens with one attached hydrogen (secondary N) is 1. The Balaban J connectivity index is 0.000000141. The number of morpholine rings is 1. The van der Waals surface area contributed by atoms with Crippen LogP contribution in [0.15, 0.2) is 250 Å². The van der Waals surface area contributed by atoms with E-state index in [1.54, 1.807) is 76.4 Å². The predicted molar refractivity (Wildman–Crippen MR) is 499 cm³/mol. The summed E-state index contributed by atoms with van der Waals surface area (Å²) < 4.78 is 98.2. The SMILES string of the molecule is CCCN1CC(C(c2cccc(F)c2)c2cccc(F)c2)n2ncc(=O)c(O)c2C1=O.CCN1CC(C(c2cccc(C)c2)c2cccc(F)c2)n2ncc(=O)c(OCOC(=O)NCCN3CCOCC3)c2C1=O.COCC(C)(C)N1CC(C(c2ccccc2)c2ccccc2)n2ncc(=O)c(O)c2C1=O.O=C1c2c(O)c(=O)cnn2C(C(c2cccc(F)c2)c2cccc(F)c2)CN1CC1CC1. The predicted octanol–water partition coefficient (Wildman–Crippen LogP) is 13.1. The molecule has 9 heterocycles. The first-order chi connectivity index (χ1) is 66.5. The van der Waals surface area contributed by atoms with Crippen LogP contribution in [0.1, 0.15) is 187 Å². The molecule has 0 spiro atoms. The van der Waals surface area contributed by atoms with Gasteiger partial charge in [0.15, 0.2) is 40.0 Å². The normalized spacial score (nSPS) is 17.1. The summed E-state index contributed by atoms with van der Waals surface area (Å²) in [6.45, 7) is 15.5. The lowest BCUT2D eigenvalue weighted by atomic mass is 9.83. The van der Waals surface area contributed by atoms with Crippen LogP contribution in [0.3, 0.4) is 0 Å². The number of aromatic hydroxyl groups is 3. The van der Waals surface area contributed by atoms with Crippen LogP contribution in [-0.2, 0) is 14.2 Å². The van der Waals surface area contributed by atoms with Crippen molar-refractivity contribution in [1.82, 2.24) is 68.9 Å². The molecule has 5 amide bonds. The molecule has 6 aliphatic rings. The fourth-order valence-electron chi connectivity index (χ4n) is 18.9. The van der Waals surface area contributed by atoms with Crippen LogP contribution in [0, 0.1) is 41.9 Å². The summed E-state index contributed by atoms with van der Waals surface area (Å²) in [5, 5.41) is 51.1. The number of rotatable bonds is 26. The van der Waals surface area contributed by atoms with Crippen molar-refractivity contribution in [1.29, 1.82) is 0 Å². The molecule has 35 heteroatoms. The molecule has 718 valence electrons. The summed E-state index contributed by atoms with van der Waals surface area (Å²) in [7, 11) is 1.59. The molecule has 2 fully saturated rings. The van der Waals surface area contributed by atoms with E-state index in [4.69, 9.17) is 18.9 Å². The van der Waals surface area contributed by atoms with Gasteiger partial charge in [-0.1, -0.05) is 158 Å². The summed E-state index contributed by atoms with van der Waals surface area (Å²) in [5.41, 5.74) is 3.01. The fourth-order valence-corrected chi connectivity index (χ4v) is 18.9. The van der Waals surface area contributed by atoms with Crippen molar-refractivity contribution in [3.63, 3.8) is 0 Å². The number of carbonyl (C=O) groups is 5. The summed E-state index contributed by atoms with van der Waals surface area (Å²) in [6, 6.07) is 56.1. The third-order valence-corrected chi connectivity index (χ3v) is 25.5. The minimum absolute atomic E-state index is 0.0454. The van der Waals surface area contributed by atoms with Gasteiger partial charge in [-0.2, -0.15) is 20.4 Å². The van der Waals surface area contributed by atoms with Crippen molar-refractivity contribution in [2.75, 3.05) is 106 Å².